The molecule has 0 radical (unpaired) electrons. The molecule has 0 aromatic heterocycles. The number of amides is 1. The molecular weight excluding hydrogens is 210 g/mol. The average molecular weight is 237 g/mol. The number of nitrogens with one attached hydrogen (secondary N) is 1. The van der Waals surface area contributed by atoms with Gasteiger partial charge in [-0.15, -0.1) is 0 Å². The largest absolute Gasteiger partial charge is 0.355 e. The maximum absolute atomic E-state index is 12.3. The van der Waals surface area contributed by atoms with Gasteiger partial charge in [0.25, 0.3) is 0 Å². The molecule has 0 aliphatic heterocycles. The average Bonchev–Trinajstić information content (AvgIpc) is 2.73. The standard InChI is InChI=1S/C15H27NO/c1-4-5-8-11-16-14(17)15(12-13(2)3)9-6-7-10-15/h4-5,13H,6-12H2,1-3H3,(H,16,17)/b5-4+. The van der Waals surface area contributed by atoms with Gasteiger partial charge in [0.1, 0.15) is 0 Å². The summed E-state index contributed by atoms with van der Waals surface area (Å²) in [7, 11) is 0. The van der Waals surface area contributed by atoms with E-state index < -0.39 is 0 Å². The van der Waals surface area contributed by atoms with Crippen LogP contribution < -0.4 is 5.32 Å². The molecule has 1 aliphatic carbocycles. The molecule has 1 rings (SSSR count). The smallest absolute Gasteiger partial charge is 0.226 e. The molecule has 17 heavy (non-hydrogen) atoms. The summed E-state index contributed by atoms with van der Waals surface area (Å²) in [5.74, 6) is 0.905. The summed E-state index contributed by atoms with van der Waals surface area (Å²) >= 11 is 0. The zero-order chi connectivity index (χ0) is 12.7. The summed E-state index contributed by atoms with van der Waals surface area (Å²) in [4.78, 5) is 12.3. The van der Waals surface area contributed by atoms with Crippen LogP contribution in [0.25, 0.3) is 0 Å². The van der Waals surface area contributed by atoms with Crippen molar-refractivity contribution >= 4 is 5.91 Å². The summed E-state index contributed by atoms with van der Waals surface area (Å²) < 4.78 is 0. The lowest BCUT2D eigenvalue weighted by atomic mass is 9.77. The lowest BCUT2D eigenvalue weighted by molar-refractivity contribution is -0.131. The van der Waals surface area contributed by atoms with Crippen molar-refractivity contribution in [3.05, 3.63) is 12.2 Å². The molecule has 0 saturated heterocycles. The minimum absolute atomic E-state index is 0.0515. The Kier molecular flexibility index (Phi) is 5.73. The number of allylic oxidation sites excluding steroid dienone is 1. The molecule has 0 unspecified atom stereocenters. The Morgan fingerprint density at radius 1 is 1.35 bits per heavy atom. The summed E-state index contributed by atoms with van der Waals surface area (Å²) in [6.45, 7) is 7.22. The van der Waals surface area contributed by atoms with Crippen LogP contribution in [0.15, 0.2) is 12.2 Å². The van der Waals surface area contributed by atoms with Crippen LogP contribution in [-0.4, -0.2) is 12.5 Å². The Morgan fingerprint density at radius 3 is 2.53 bits per heavy atom. The van der Waals surface area contributed by atoms with Crippen LogP contribution in [0.1, 0.15) is 59.3 Å². The molecule has 1 amide bonds. The Balaban J connectivity index is 2.49. The Hall–Kier alpha value is -0.790. The summed E-state index contributed by atoms with van der Waals surface area (Å²) in [5, 5.41) is 3.12. The number of carbonyl (C=O) groups is 1. The minimum Gasteiger partial charge on any atom is -0.355 e. The van der Waals surface area contributed by atoms with Crippen LogP contribution in [-0.2, 0) is 4.79 Å². The van der Waals surface area contributed by atoms with Crippen LogP contribution >= 0.6 is 0 Å². The van der Waals surface area contributed by atoms with Gasteiger partial charge in [0.15, 0.2) is 0 Å². The maximum Gasteiger partial charge on any atom is 0.226 e. The van der Waals surface area contributed by atoms with Crippen molar-refractivity contribution < 1.29 is 4.79 Å². The lowest BCUT2D eigenvalue weighted by Gasteiger charge is -2.29. The molecule has 0 bridgehead atoms. The minimum atomic E-state index is -0.0515. The molecular formula is C15H27NO. The fourth-order valence-corrected chi connectivity index (χ4v) is 2.98. The van der Waals surface area contributed by atoms with Crippen molar-refractivity contribution in [1.82, 2.24) is 5.32 Å². The third kappa shape index (κ3) is 4.18. The van der Waals surface area contributed by atoms with E-state index >= 15 is 0 Å². The third-order valence-electron chi connectivity index (χ3n) is 3.67. The molecule has 0 aromatic carbocycles. The highest BCUT2D eigenvalue weighted by Crippen LogP contribution is 2.43. The Labute approximate surface area is 106 Å². The van der Waals surface area contributed by atoms with Crippen LogP contribution in [0.3, 0.4) is 0 Å². The molecule has 98 valence electrons. The molecule has 1 saturated carbocycles. The van der Waals surface area contributed by atoms with Gasteiger partial charge in [-0.1, -0.05) is 38.8 Å². The van der Waals surface area contributed by atoms with Crippen molar-refractivity contribution in [3.63, 3.8) is 0 Å². The van der Waals surface area contributed by atoms with Gasteiger partial charge in [-0.3, -0.25) is 4.79 Å². The molecule has 1 fully saturated rings. The molecule has 0 atom stereocenters. The van der Waals surface area contributed by atoms with E-state index in [0.717, 1.165) is 32.2 Å². The van der Waals surface area contributed by atoms with Gasteiger partial charge in [-0.25, -0.2) is 0 Å². The fraction of sp³-hybridized carbons (Fsp3) is 0.800. The first-order chi connectivity index (χ1) is 8.10. The predicted octanol–water partition coefficient (Wildman–Crippen LogP) is 3.68. The first-order valence-electron chi connectivity index (χ1n) is 7.00. The van der Waals surface area contributed by atoms with Crippen LogP contribution in [0.4, 0.5) is 0 Å². The highest BCUT2D eigenvalue weighted by Gasteiger charge is 2.40. The number of hydrogen-bond acceptors (Lipinski definition) is 1. The van der Waals surface area contributed by atoms with Gasteiger partial charge >= 0.3 is 0 Å². The quantitative estimate of drug-likeness (QED) is 0.554. The van der Waals surface area contributed by atoms with Gasteiger partial charge < -0.3 is 5.32 Å². The van der Waals surface area contributed by atoms with E-state index in [4.69, 9.17) is 0 Å². The third-order valence-corrected chi connectivity index (χ3v) is 3.67. The van der Waals surface area contributed by atoms with Crippen molar-refractivity contribution in [3.8, 4) is 0 Å². The number of hydrogen-bond donors (Lipinski definition) is 1. The van der Waals surface area contributed by atoms with Gasteiger partial charge in [0.05, 0.1) is 0 Å². The van der Waals surface area contributed by atoms with Gasteiger partial charge in [-0.05, 0) is 38.5 Å². The van der Waals surface area contributed by atoms with Crippen LogP contribution in [0.5, 0.6) is 0 Å². The molecule has 0 heterocycles. The SMILES string of the molecule is C/C=C/CCNC(=O)C1(CC(C)C)CCCC1. The normalized spacial score (nSPS) is 19.1. The van der Waals surface area contributed by atoms with E-state index in [9.17, 15) is 4.79 Å². The summed E-state index contributed by atoms with van der Waals surface area (Å²) in [6.07, 6.45) is 10.7. The fourth-order valence-electron chi connectivity index (χ4n) is 2.98. The van der Waals surface area contributed by atoms with Gasteiger partial charge in [0.2, 0.25) is 5.91 Å². The predicted molar refractivity (Wildman–Crippen MR) is 72.8 cm³/mol. The highest BCUT2D eigenvalue weighted by molar-refractivity contribution is 5.82. The second-order valence-corrected chi connectivity index (χ2v) is 5.70. The molecule has 0 spiro atoms. The number of carbonyl (C=O) groups excluding carboxylic acids is 1. The maximum atomic E-state index is 12.3. The van der Waals surface area contributed by atoms with E-state index in [1.54, 1.807) is 0 Å². The molecule has 2 heteroatoms. The highest BCUT2D eigenvalue weighted by atomic mass is 16.2. The van der Waals surface area contributed by atoms with Gasteiger partial charge in [0, 0.05) is 12.0 Å². The zero-order valence-corrected chi connectivity index (χ0v) is 11.6. The molecule has 0 aromatic rings. The van der Waals surface area contributed by atoms with Crippen LogP contribution in [0.2, 0.25) is 0 Å². The molecule has 1 N–H and O–H groups in total. The second kappa shape index (κ2) is 6.83. The monoisotopic (exact) mass is 237 g/mol. The van der Waals surface area contributed by atoms with Crippen LogP contribution in [0, 0.1) is 11.3 Å². The first-order valence-corrected chi connectivity index (χ1v) is 7.00. The number of rotatable bonds is 6. The summed E-state index contributed by atoms with van der Waals surface area (Å²) in [5.41, 5.74) is -0.0515. The topological polar surface area (TPSA) is 29.1 Å². The van der Waals surface area contributed by atoms with E-state index in [1.165, 1.54) is 12.8 Å². The Bertz CT molecular complexity index is 262. The van der Waals surface area contributed by atoms with Crippen molar-refractivity contribution in [2.75, 3.05) is 6.54 Å². The van der Waals surface area contributed by atoms with E-state index in [0.29, 0.717) is 11.8 Å². The first kappa shape index (κ1) is 14.3. The lowest BCUT2D eigenvalue weighted by Crippen LogP contribution is -2.40. The molecule has 1 aliphatic rings. The van der Waals surface area contributed by atoms with Crippen molar-refractivity contribution in [2.45, 2.75) is 59.3 Å². The van der Waals surface area contributed by atoms with E-state index in [2.05, 4.69) is 25.2 Å². The Morgan fingerprint density at radius 2 is 2.00 bits per heavy atom. The van der Waals surface area contributed by atoms with Gasteiger partial charge in [-0.2, -0.15) is 0 Å². The van der Waals surface area contributed by atoms with E-state index in [1.807, 2.05) is 13.0 Å². The van der Waals surface area contributed by atoms with Crippen molar-refractivity contribution in [1.29, 1.82) is 0 Å². The molecule has 2 nitrogen and oxygen atoms in total. The van der Waals surface area contributed by atoms with E-state index in [-0.39, 0.29) is 5.41 Å². The summed E-state index contributed by atoms with van der Waals surface area (Å²) in [6, 6.07) is 0. The second-order valence-electron chi connectivity index (χ2n) is 5.70. The van der Waals surface area contributed by atoms with Crippen molar-refractivity contribution in [2.24, 2.45) is 11.3 Å². The zero-order valence-electron chi connectivity index (χ0n) is 11.6.